The summed E-state index contributed by atoms with van der Waals surface area (Å²) in [6.07, 6.45) is -0.782. The van der Waals surface area contributed by atoms with Crippen LogP contribution >= 0.6 is 12.0 Å². The second kappa shape index (κ2) is 4.39. The Morgan fingerprint density at radius 3 is 2.29 bits per heavy atom. The summed E-state index contributed by atoms with van der Waals surface area (Å²) in [4.78, 5) is 0. The Balaban J connectivity index is 2.83. The highest BCUT2D eigenvalue weighted by Crippen LogP contribution is 1.93. The first-order valence-corrected chi connectivity index (χ1v) is 2.80. The van der Waals surface area contributed by atoms with Crippen molar-refractivity contribution in [3.63, 3.8) is 0 Å². The molecule has 0 spiro atoms. The smallest absolute Gasteiger partial charge is 0.0883 e. The number of rotatable bonds is 3. The summed E-state index contributed by atoms with van der Waals surface area (Å²) in [7, 11) is 0. The third-order valence-electron chi connectivity index (χ3n) is 0.478. The van der Waals surface area contributed by atoms with Gasteiger partial charge in [0.25, 0.3) is 0 Å². The van der Waals surface area contributed by atoms with Gasteiger partial charge in [-0.25, -0.2) is 0 Å². The van der Waals surface area contributed by atoms with E-state index in [4.69, 9.17) is 14.8 Å². The molecule has 44 valence electrons. The molecule has 3 N–H and O–H groups in total. The third kappa shape index (κ3) is 4.08. The van der Waals surface area contributed by atoms with E-state index in [0.29, 0.717) is 12.0 Å². The van der Waals surface area contributed by atoms with Crippen LogP contribution in [-0.4, -0.2) is 33.2 Å². The van der Waals surface area contributed by atoms with Gasteiger partial charge in [-0.2, -0.15) is 0 Å². The first-order chi connectivity index (χ1) is 3.31. The molecular weight excluding hydrogens is 116 g/mol. The van der Waals surface area contributed by atoms with Crippen LogP contribution in [0.5, 0.6) is 0 Å². The summed E-state index contributed by atoms with van der Waals surface area (Å²) in [6.45, 7) is -0.284. The van der Waals surface area contributed by atoms with Crippen molar-refractivity contribution in [3.8, 4) is 0 Å². The molecular formula is C3H8O3S. The number of hydrogen-bond acceptors (Lipinski definition) is 4. The van der Waals surface area contributed by atoms with Gasteiger partial charge in [-0.05, 0) is 12.0 Å². The first-order valence-electron chi connectivity index (χ1n) is 1.86. The van der Waals surface area contributed by atoms with Gasteiger partial charge in [0.1, 0.15) is 0 Å². The Bertz CT molecular complexity index is 41.2. The maximum atomic E-state index is 8.43. The molecule has 0 radical (unpaired) electrons. The van der Waals surface area contributed by atoms with Gasteiger partial charge < -0.3 is 14.8 Å². The van der Waals surface area contributed by atoms with Crippen molar-refractivity contribution >= 4 is 12.0 Å². The lowest BCUT2D eigenvalue weighted by molar-refractivity contribution is 0.113. The van der Waals surface area contributed by atoms with Crippen molar-refractivity contribution in [1.82, 2.24) is 0 Å². The highest BCUT2D eigenvalue weighted by atomic mass is 32.2. The van der Waals surface area contributed by atoms with Crippen molar-refractivity contribution < 1.29 is 14.8 Å². The second-order valence-corrected chi connectivity index (χ2v) is 1.72. The summed E-state index contributed by atoms with van der Waals surface area (Å²) < 4.78 is 8.01. The summed E-state index contributed by atoms with van der Waals surface area (Å²) in [5.74, 6) is 0.177. The summed E-state index contributed by atoms with van der Waals surface area (Å²) in [5.41, 5.74) is 0. The number of aliphatic hydroxyl groups is 2. The monoisotopic (exact) mass is 124 g/mol. The topological polar surface area (TPSA) is 60.7 Å². The maximum absolute atomic E-state index is 8.43. The predicted octanol–water partition coefficient (Wildman–Crippen LogP) is -0.454. The molecule has 3 nitrogen and oxygen atoms in total. The molecule has 0 saturated heterocycles. The van der Waals surface area contributed by atoms with Crippen LogP contribution in [0.2, 0.25) is 0 Å². The largest absolute Gasteiger partial charge is 0.394 e. The van der Waals surface area contributed by atoms with Crippen molar-refractivity contribution in [2.24, 2.45) is 0 Å². The van der Waals surface area contributed by atoms with Crippen LogP contribution in [0.15, 0.2) is 0 Å². The standard InChI is InChI=1S/C3H8O3S/c4-1-3(5)2-7-6/h3-6H,1-2H2. The molecule has 0 aromatic rings. The van der Waals surface area contributed by atoms with Crippen molar-refractivity contribution in [3.05, 3.63) is 0 Å². The molecule has 0 amide bonds. The van der Waals surface area contributed by atoms with E-state index in [1.165, 1.54) is 0 Å². The molecule has 0 bridgehead atoms. The van der Waals surface area contributed by atoms with Gasteiger partial charge in [-0.1, -0.05) is 0 Å². The van der Waals surface area contributed by atoms with Crippen LogP contribution in [0.25, 0.3) is 0 Å². The van der Waals surface area contributed by atoms with E-state index in [-0.39, 0.29) is 12.4 Å². The molecule has 0 heterocycles. The van der Waals surface area contributed by atoms with E-state index in [1.807, 2.05) is 0 Å². The number of hydrogen-bond donors (Lipinski definition) is 3. The van der Waals surface area contributed by atoms with E-state index in [1.54, 1.807) is 0 Å². The lowest BCUT2D eigenvalue weighted by atomic mass is 10.4. The minimum atomic E-state index is -0.782. The number of aliphatic hydroxyl groups excluding tert-OH is 2. The van der Waals surface area contributed by atoms with E-state index < -0.39 is 6.10 Å². The van der Waals surface area contributed by atoms with Gasteiger partial charge in [-0.15, -0.1) is 0 Å². The molecule has 0 aliphatic carbocycles. The Morgan fingerprint density at radius 2 is 2.14 bits per heavy atom. The molecule has 7 heavy (non-hydrogen) atoms. The van der Waals surface area contributed by atoms with Crippen molar-refractivity contribution in [2.75, 3.05) is 12.4 Å². The van der Waals surface area contributed by atoms with Crippen LogP contribution in [0, 0.1) is 0 Å². The minimum absolute atomic E-state index is 0.177. The van der Waals surface area contributed by atoms with Gasteiger partial charge in [0, 0.05) is 5.75 Å². The molecule has 1 unspecified atom stereocenters. The van der Waals surface area contributed by atoms with Crippen molar-refractivity contribution in [1.29, 1.82) is 0 Å². The SMILES string of the molecule is OCC(O)CSO. The normalized spacial score (nSPS) is 14.1. The summed E-state index contributed by atoms with van der Waals surface area (Å²) >= 11 is 0.524. The lowest BCUT2D eigenvalue weighted by Gasteiger charge is -1.99. The molecule has 0 aromatic heterocycles. The molecule has 0 aliphatic heterocycles. The van der Waals surface area contributed by atoms with Crippen LogP contribution in [-0.2, 0) is 0 Å². The van der Waals surface area contributed by atoms with Crippen molar-refractivity contribution in [2.45, 2.75) is 6.10 Å². The molecule has 0 fully saturated rings. The highest BCUT2D eigenvalue weighted by Gasteiger charge is 1.97. The molecule has 0 aromatic carbocycles. The van der Waals surface area contributed by atoms with Crippen LogP contribution in [0.1, 0.15) is 0 Å². The van der Waals surface area contributed by atoms with Gasteiger partial charge in [0.05, 0.1) is 12.7 Å². The van der Waals surface area contributed by atoms with Gasteiger partial charge >= 0.3 is 0 Å². The quantitative estimate of drug-likeness (QED) is 0.446. The average molecular weight is 124 g/mol. The van der Waals surface area contributed by atoms with Gasteiger partial charge in [-0.3, -0.25) is 0 Å². The minimum Gasteiger partial charge on any atom is -0.394 e. The Kier molecular flexibility index (Phi) is 4.53. The zero-order valence-electron chi connectivity index (χ0n) is 3.74. The summed E-state index contributed by atoms with van der Waals surface area (Å²) in [5, 5.41) is 16.5. The zero-order valence-corrected chi connectivity index (χ0v) is 4.56. The third-order valence-corrected chi connectivity index (χ3v) is 1.01. The summed E-state index contributed by atoms with van der Waals surface area (Å²) in [6, 6.07) is 0. The Morgan fingerprint density at radius 1 is 1.57 bits per heavy atom. The van der Waals surface area contributed by atoms with E-state index in [0.717, 1.165) is 0 Å². The highest BCUT2D eigenvalue weighted by molar-refractivity contribution is 7.93. The molecule has 1 atom stereocenters. The average Bonchev–Trinajstić information content (AvgIpc) is 1.68. The van der Waals surface area contributed by atoms with E-state index in [2.05, 4.69) is 0 Å². The van der Waals surface area contributed by atoms with E-state index in [9.17, 15) is 0 Å². The first kappa shape index (κ1) is 7.23. The van der Waals surface area contributed by atoms with Crippen LogP contribution in [0.3, 0.4) is 0 Å². The molecule has 0 rings (SSSR count). The fourth-order valence-electron chi connectivity index (χ4n) is 0.139. The van der Waals surface area contributed by atoms with Crippen LogP contribution in [0.4, 0.5) is 0 Å². The molecule has 0 saturated carbocycles. The van der Waals surface area contributed by atoms with E-state index >= 15 is 0 Å². The Labute approximate surface area is 46.2 Å². The van der Waals surface area contributed by atoms with Gasteiger partial charge in [0.15, 0.2) is 0 Å². The molecule has 4 heteroatoms. The lowest BCUT2D eigenvalue weighted by Crippen LogP contribution is -2.14. The van der Waals surface area contributed by atoms with Crippen LogP contribution < -0.4 is 0 Å². The predicted molar refractivity (Wildman–Crippen MR) is 28.2 cm³/mol. The fraction of sp³-hybridized carbons (Fsp3) is 1.00. The zero-order chi connectivity index (χ0) is 5.70. The second-order valence-electron chi connectivity index (χ2n) is 1.13. The maximum Gasteiger partial charge on any atom is 0.0883 e. The molecule has 0 aliphatic rings. The van der Waals surface area contributed by atoms with Gasteiger partial charge in [0.2, 0.25) is 0 Å². The fourth-order valence-corrected chi connectivity index (χ4v) is 0.416. The Hall–Kier alpha value is 0.230.